The van der Waals surface area contributed by atoms with Crippen LogP contribution in [0.15, 0.2) is 64.3 Å². The van der Waals surface area contributed by atoms with Crippen LogP contribution in [0.2, 0.25) is 10.0 Å². The molecule has 0 unspecified atom stereocenters. The Hall–Kier alpha value is -4.00. The third-order valence-corrected chi connectivity index (χ3v) is 8.61. The van der Waals surface area contributed by atoms with Gasteiger partial charge in [0.15, 0.2) is 0 Å². The molecule has 1 fully saturated rings. The monoisotopic (exact) mass is 656 g/mol. The van der Waals surface area contributed by atoms with E-state index in [0.29, 0.717) is 51.8 Å². The highest BCUT2D eigenvalue weighted by Gasteiger charge is 2.26. The van der Waals surface area contributed by atoms with Gasteiger partial charge < -0.3 is 29.8 Å². The molecule has 0 aliphatic carbocycles. The molecule has 0 saturated carbocycles. The molecule has 1 saturated heterocycles. The van der Waals surface area contributed by atoms with Crippen molar-refractivity contribution in [1.29, 1.82) is 0 Å². The third kappa shape index (κ3) is 6.68. The summed E-state index contributed by atoms with van der Waals surface area (Å²) in [5.74, 6) is -0.857. The summed E-state index contributed by atoms with van der Waals surface area (Å²) in [6.45, 7) is 1.29. The number of ether oxygens (including phenoxy) is 3. The number of aromatic amines is 1. The quantitative estimate of drug-likeness (QED) is 0.231. The lowest BCUT2D eigenvalue weighted by Gasteiger charge is -2.31. The Balaban J connectivity index is 1.44. The molecule has 3 N–H and O–H groups in total. The Morgan fingerprint density at radius 3 is 2.53 bits per heavy atom. The van der Waals surface area contributed by atoms with E-state index in [9.17, 15) is 14.4 Å². The van der Waals surface area contributed by atoms with Gasteiger partial charge in [-0.3, -0.25) is 14.2 Å². The highest BCUT2D eigenvalue weighted by atomic mass is 35.5. The van der Waals surface area contributed by atoms with Gasteiger partial charge in [0, 0.05) is 61.8 Å². The summed E-state index contributed by atoms with van der Waals surface area (Å²) in [5, 5.41) is 6.46. The molecule has 236 valence electrons. The van der Waals surface area contributed by atoms with Crippen molar-refractivity contribution in [3.8, 4) is 28.0 Å². The second-order valence-corrected chi connectivity index (χ2v) is 11.2. The van der Waals surface area contributed by atoms with Crippen LogP contribution >= 0.6 is 23.2 Å². The molecule has 0 spiro atoms. The van der Waals surface area contributed by atoms with Gasteiger partial charge in [0.1, 0.15) is 17.1 Å². The van der Waals surface area contributed by atoms with Gasteiger partial charge in [0.25, 0.3) is 11.5 Å². The molecule has 1 amide bonds. The van der Waals surface area contributed by atoms with Crippen LogP contribution in [0.5, 0.6) is 5.75 Å². The van der Waals surface area contributed by atoms with Gasteiger partial charge in [-0.05, 0) is 30.2 Å². The number of amides is 1. The minimum absolute atomic E-state index is 0.00559. The second kappa shape index (κ2) is 14.0. The standard InChI is InChI=1S/C32H31Cl2FN4O6/c1-39-31(41)22(15-37-32(39)42)30(40)38-25-9-5-8-20(29(25)34)19-7-4-6-18(28(19)33)17-12-23(35)21(26(13-17)43-2)14-36-24-10-11-45-16-27(24)44-3/h4-9,12-13,15,24,27,36H,10-11,14,16H2,1-3H3,(H,37,42)(H,38,40)/t24-,27+/m0/s1. The lowest BCUT2D eigenvalue weighted by atomic mass is 9.97. The van der Waals surface area contributed by atoms with Crippen LogP contribution in [0.1, 0.15) is 22.3 Å². The van der Waals surface area contributed by atoms with Crippen LogP contribution in [-0.4, -0.2) is 55.0 Å². The number of carbonyl (C=O) groups is 1. The first kappa shape index (κ1) is 32.4. The maximum absolute atomic E-state index is 15.6. The molecule has 4 aromatic rings. The van der Waals surface area contributed by atoms with E-state index < -0.39 is 23.0 Å². The van der Waals surface area contributed by atoms with E-state index in [1.54, 1.807) is 49.6 Å². The number of aromatic nitrogens is 2. The molecule has 1 aliphatic heterocycles. The fourth-order valence-corrected chi connectivity index (χ4v) is 5.86. The highest BCUT2D eigenvalue weighted by Crippen LogP contribution is 2.42. The number of methoxy groups -OCH3 is 2. The normalized spacial score (nSPS) is 16.4. The first-order valence-corrected chi connectivity index (χ1v) is 14.8. The Bertz CT molecular complexity index is 1860. The zero-order valence-corrected chi connectivity index (χ0v) is 26.2. The molecule has 45 heavy (non-hydrogen) atoms. The zero-order chi connectivity index (χ0) is 32.2. The summed E-state index contributed by atoms with van der Waals surface area (Å²) >= 11 is 13.7. The molecule has 1 aliphatic rings. The molecule has 3 aromatic carbocycles. The third-order valence-electron chi connectivity index (χ3n) is 7.79. The fourth-order valence-electron chi connectivity index (χ4n) is 5.25. The van der Waals surface area contributed by atoms with Crippen molar-refractivity contribution in [3.05, 3.63) is 103 Å². The van der Waals surface area contributed by atoms with Crippen LogP contribution in [0.3, 0.4) is 0 Å². The van der Waals surface area contributed by atoms with Gasteiger partial charge >= 0.3 is 5.69 Å². The van der Waals surface area contributed by atoms with E-state index >= 15 is 4.39 Å². The predicted octanol–water partition coefficient (Wildman–Crippen LogP) is 5.01. The predicted molar refractivity (Wildman–Crippen MR) is 171 cm³/mol. The van der Waals surface area contributed by atoms with Crippen molar-refractivity contribution in [2.45, 2.75) is 25.1 Å². The average molecular weight is 658 g/mol. The maximum Gasteiger partial charge on any atom is 0.328 e. The van der Waals surface area contributed by atoms with Crippen LogP contribution in [0.4, 0.5) is 10.1 Å². The summed E-state index contributed by atoms with van der Waals surface area (Å²) < 4.78 is 33.0. The lowest BCUT2D eigenvalue weighted by Crippen LogP contribution is -2.47. The van der Waals surface area contributed by atoms with E-state index in [-0.39, 0.29) is 35.0 Å². The minimum Gasteiger partial charge on any atom is -0.496 e. The average Bonchev–Trinajstić information content (AvgIpc) is 3.04. The van der Waals surface area contributed by atoms with Gasteiger partial charge in [-0.2, -0.15) is 0 Å². The molecule has 10 nitrogen and oxygen atoms in total. The fraction of sp³-hybridized carbons (Fsp3) is 0.281. The SMILES string of the molecule is COc1cc(-c2cccc(-c3cccc(NC(=O)c4c[nH]c(=O)n(C)c4=O)c3Cl)c2Cl)cc(F)c1CN[C@H]1CCOC[C@H]1OC. The van der Waals surface area contributed by atoms with Crippen molar-refractivity contribution in [2.24, 2.45) is 7.05 Å². The van der Waals surface area contributed by atoms with Gasteiger partial charge in [0.05, 0.1) is 35.6 Å². The summed E-state index contributed by atoms with van der Waals surface area (Å²) in [6, 6.07) is 13.4. The first-order valence-electron chi connectivity index (χ1n) is 14.0. The molecule has 13 heteroatoms. The van der Waals surface area contributed by atoms with Crippen LogP contribution in [0.25, 0.3) is 22.3 Å². The number of rotatable bonds is 9. The molecule has 0 bridgehead atoms. The van der Waals surface area contributed by atoms with E-state index in [1.165, 1.54) is 20.2 Å². The van der Waals surface area contributed by atoms with Crippen LogP contribution in [0, 0.1) is 5.82 Å². The molecule has 1 aromatic heterocycles. The van der Waals surface area contributed by atoms with E-state index in [1.807, 2.05) is 0 Å². The minimum atomic E-state index is -0.758. The number of nitrogens with zero attached hydrogens (tertiary/aromatic N) is 1. The van der Waals surface area contributed by atoms with Gasteiger partial charge in [0.2, 0.25) is 0 Å². The number of hydrogen-bond donors (Lipinski definition) is 3. The second-order valence-electron chi connectivity index (χ2n) is 10.4. The van der Waals surface area contributed by atoms with Crippen LogP contribution < -0.4 is 26.6 Å². The van der Waals surface area contributed by atoms with Gasteiger partial charge in [-0.1, -0.05) is 53.5 Å². The smallest absolute Gasteiger partial charge is 0.328 e. The largest absolute Gasteiger partial charge is 0.496 e. The topological polar surface area (TPSA) is 124 Å². The molecule has 2 heterocycles. The van der Waals surface area contributed by atoms with Crippen molar-refractivity contribution < 1.29 is 23.4 Å². The molecule has 5 rings (SSSR count). The Kier molecular flexibility index (Phi) is 10.1. The molecule has 0 radical (unpaired) electrons. The summed E-state index contributed by atoms with van der Waals surface area (Å²) in [7, 11) is 4.37. The maximum atomic E-state index is 15.6. The molecular weight excluding hydrogens is 626 g/mol. The van der Waals surface area contributed by atoms with Crippen molar-refractivity contribution in [3.63, 3.8) is 0 Å². The lowest BCUT2D eigenvalue weighted by molar-refractivity contribution is -0.0502. The number of hydrogen-bond acceptors (Lipinski definition) is 7. The van der Waals surface area contributed by atoms with Crippen molar-refractivity contribution >= 4 is 34.8 Å². The van der Waals surface area contributed by atoms with Crippen LogP contribution in [-0.2, 0) is 23.1 Å². The van der Waals surface area contributed by atoms with Crippen molar-refractivity contribution in [1.82, 2.24) is 14.9 Å². The van der Waals surface area contributed by atoms with E-state index in [4.69, 9.17) is 37.4 Å². The Labute approximate surface area is 268 Å². The van der Waals surface area contributed by atoms with Gasteiger partial charge in [-0.15, -0.1) is 0 Å². The first-order chi connectivity index (χ1) is 21.6. The number of anilines is 1. The van der Waals surface area contributed by atoms with E-state index in [0.717, 1.165) is 17.2 Å². The van der Waals surface area contributed by atoms with Gasteiger partial charge in [-0.25, -0.2) is 9.18 Å². The summed E-state index contributed by atoms with van der Waals surface area (Å²) in [4.78, 5) is 39.3. The number of halogens is 3. The number of H-pyrrole nitrogens is 1. The summed E-state index contributed by atoms with van der Waals surface area (Å²) in [5.41, 5.74) is 0.985. The number of benzene rings is 3. The molecular formula is C32H31Cl2FN4O6. The number of nitrogens with one attached hydrogen (secondary N) is 3. The van der Waals surface area contributed by atoms with E-state index in [2.05, 4.69) is 15.6 Å². The summed E-state index contributed by atoms with van der Waals surface area (Å²) in [6.07, 6.45) is 1.65. The Morgan fingerprint density at radius 1 is 1.09 bits per heavy atom. The Morgan fingerprint density at radius 2 is 1.80 bits per heavy atom. The zero-order valence-electron chi connectivity index (χ0n) is 24.7. The molecule has 2 atom stereocenters. The highest BCUT2D eigenvalue weighted by molar-refractivity contribution is 6.39. The van der Waals surface area contributed by atoms with Crippen molar-refractivity contribution in [2.75, 3.05) is 32.8 Å². The number of carbonyl (C=O) groups excluding carboxylic acids is 1.